The number of urea groups is 1. The molecule has 1 aliphatic carbocycles. The molecule has 2 aliphatic rings. The third-order valence-electron chi connectivity index (χ3n) is 5.42. The summed E-state index contributed by atoms with van der Waals surface area (Å²) in [7, 11) is 0. The van der Waals surface area contributed by atoms with Gasteiger partial charge in [-0.1, -0.05) is 12.5 Å². The number of rotatable bonds is 5. The van der Waals surface area contributed by atoms with E-state index in [1.165, 1.54) is 6.42 Å². The maximum atomic E-state index is 12.4. The summed E-state index contributed by atoms with van der Waals surface area (Å²) in [6, 6.07) is 7.45. The van der Waals surface area contributed by atoms with Crippen LogP contribution in [-0.2, 0) is 31.0 Å². The van der Waals surface area contributed by atoms with Crippen molar-refractivity contribution in [3.8, 4) is 0 Å². The Labute approximate surface area is 164 Å². The van der Waals surface area contributed by atoms with Gasteiger partial charge in [-0.05, 0) is 38.0 Å². The van der Waals surface area contributed by atoms with E-state index in [-0.39, 0.29) is 17.9 Å². The van der Waals surface area contributed by atoms with E-state index in [1.807, 2.05) is 40.8 Å². The first-order valence-corrected chi connectivity index (χ1v) is 9.87. The molecule has 148 valence electrons. The second-order valence-corrected chi connectivity index (χ2v) is 7.54. The van der Waals surface area contributed by atoms with Crippen molar-refractivity contribution in [2.24, 2.45) is 5.92 Å². The van der Waals surface area contributed by atoms with Gasteiger partial charge in [0.25, 0.3) is 0 Å². The van der Waals surface area contributed by atoms with Gasteiger partial charge in [0, 0.05) is 18.2 Å². The van der Waals surface area contributed by atoms with Gasteiger partial charge in [-0.3, -0.25) is 14.5 Å². The highest BCUT2D eigenvalue weighted by atomic mass is 16.2. The highest BCUT2D eigenvalue weighted by Gasteiger charge is 2.31. The lowest BCUT2D eigenvalue weighted by atomic mass is 9.84. The van der Waals surface area contributed by atoms with Crippen molar-refractivity contribution in [1.82, 2.24) is 30.3 Å². The average molecular weight is 382 g/mol. The molecule has 3 amide bonds. The van der Waals surface area contributed by atoms with Crippen LogP contribution in [0.3, 0.4) is 0 Å². The van der Waals surface area contributed by atoms with E-state index in [4.69, 9.17) is 0 Å². The Morgan fingerprint density at radius 3 is 2.64 bits per heavy atom. The number of aryl methyl sites for hydroxylation is 1. The third kappa shape index (κ3) is 4.16. The van der Waals surface area contributed by atoms with Crippen LogP contribution in [0.15, 0.2) is 24.3 Å². The molecule has 8 nitrogen and oxygen atoms in total. The molecular formula is C20H26N6O2. The van der Waals surface area contributed by atoms with Crippen LogP contribution in [0.25, 0.3) is 0 Å². The summed E-state index contributed by atoms with van der Waals surface area (Å²) in [5.41, 5.74) is 3.58. The van der Waals surface area contributed by atoms with Gasteiger partial charge in [-0.2, -0.15) is 5.10 Å². The predicted molar refractivity (Wildman–Crippen MR) is 103 cm³/mol. The van der Waals surface area contributed by atoms with Gasteiger partial charge in [-0.25, -0.2) is 4.79 Å². The van der Waals surface area contributed by atoms with Crippen molar-refractivity contribution in [2.75, 3.05) is 6.54 Å². The van der Waals surface area contributed by atoms with Crippen molar-refractivity contribution in [1.29, 1.82) is 0 Å². The summed E-state index contributed by atoms with van der Waals surface area (Å²) < 4.78 is 1.94. The fraction of sp³-hybridized carbons (Fsp3) is 0.500. The first kappa shape index (κ1) is 18.5. The molecular weight excluding hydrogens is 356 g/mol. The van der Waals surface area contributed by atoms with Crippen LogP contribution in [0.5, 0.6) is 0 Å². The molecule has 2 N–H and O–H groups in total. The third-order valence-corrected chi connectivity index (χ3v) is 5.42. The minimum absolute atomic E-state index is 0.224. The lowest BCUT2D eigenvalue weighted by molar-refractivity contribution is -0.139. The topological polar surface area (TPSA) is 92.2 Å². The van der Waals surface area contributed by atoms with E-state index in [0.29, 0.717) is 32.7 Å². The van der Waals surface area contributed by atoms with Crippen LogP contribution in [0, 0.1) is 12.8 Å². The van der Waals surface area contributed by atoms with Gasteiger partial charge in [0.2, 0.25) is 5.91 Å². The van der Waals surface area contributed by atoms with Crippen molar-refractivity contribution in [3.63, 3.8) is 0 Å². The Kier molecular flexibility index (Phi) is 5.27. The zero-order chi connectivity index (χ0) is 19.5. The molecule has 0 unspecified atom stereocenters. The molecule has 0 radical (unpaired) electrons. The Morgan fingerprint density at radius 2 is 1.93 bits per heavy atom. The molecule has 0 saturated heterocycles. The number of hydrogen-bond donors (Lipinski definition) is 2. The van der Waals surface area contributed by atoms with Crippen LogP contribution in [0.1, 0.15) is 42.0 Å². The molecule has 0 atom stereocenters. The SMILES string of the molecule is Cc1cccc(CNC(=O)NCc2cc3n(n2)CCN(C(=O)C2CCC2)C3)n1. The molecule has 2 aromatic rings. The summed E-state index contributed by atoms with van der Waals surface area (Å²) >= 11 is 0. The van der Waals surface area contributed by atoms with Gasteiger partial charge in [0.05, 0.1) is 43.3 Å². The number of carbonyl (C=O) groups excluding carboxylic acids is 2. The molecule has 0 spiro atoms. The number of aromatic nitrogens is 3. The molecule has 1 fully saturated rings. The fourth-order valence-corrected chi connectivity index (χ4v) is 3.62. The summed E-state index contributed by atoms with van der Waals surface area (Å²) in [5, 5.41) is 10.2. The van der Waals surface area contributed by atoms with E-state index >= 15 is 0 Å². The molecule has 3 heterocycles. The molecule has 8 heteroatoms. The van der Waals surface area contributed by atoms with E-state index < -0.39 is 0 Å². The van der Waals surface area contributed by atoms with Crippen molar-refractivity contribution >= 4 is 11.9 Å². The average Bonchev–Trinajstić information content (AvgIpc) is 3.05. The quantitative estimate of drug-likeness (QED) is 0.824. The largest absolute Gasteiger partial charge is 0.335 e. The van der Waals surface area contributed by atoms with Gasteiger partial charge < -0.3 is 15.5 Å². The Balaban J connectivity index is 1.26. The number of nitrogens with zero attached hydrogens (tertiary/aromatic N) is 4. The standard InChI is InChI=1S/C20H26N6O2/c1-14-4-2-7-16(23-14)11-21-20(28)22-12-17-10-18-13-25(8-9-26(18)24-17)19(27)15-5-3-6-15/h2,4,7,10,15H,3,5-6,8-9,11-13H2,1H3,(H2,21,22,28). The van der Waals surface area contributed by atoms with Gasteiger partial charge >= 0.3 is 6.03 Å². The number of nitrogens with one attached hydrogen (secondary N) is 2. The highest BCUT2D eigenvalue weighted by Crippen LogP contribution is 2.29. The first-order chi connectivity index (χ1) is 13.6. The van der Waals surface area contributed by atoms with Crippen LogP contribution in [-0.4, -0.2) is 38.1 Å². The summed E-state index contributed by atoms with van der Waals surface area (Å²) in [6.07, 6.45) is 3.22. The van der Waals surface area contributed by atoms with Crippen LogP contribution >= 0.6 is 0 Å². The van der Waals surface area contributed by atoms with E-state index in [9.17, 15) is 9.59 Å². The number of carbonyl (C=O) groups is 2. The molecule has 0 aromatic carbocycles. The Hall–Kier alpha value is -2.90. The van der Waals surface area contributed by atoms with Crippen LogP contribution in [0.2, 0.25) is 0 Å². The Morgan fingerprint density at radius 1 is 1.14 bits per heavy atom. The van der Waals surface area contributed by atoms with E-state index in [2.05, 4.69) is 20.7 Å². The van der Waals surface area contributed by atoms with Gasteiger partial charge in [-0.15, -0.1) is 0 Å². The lowest BCUT2D eigenvalue weighted by Gasteiger charge is -2.34. The molecule has 1 saturated carbocycles. The monoisotopic (exact) mass is 382 g/mol. The zero-order valence-electron chi connectivity index (χ0n) is 16.1. The zero-order valence-corrected chi connectivity index (χ0v) is 16.1. The van der Waals surface area contributed by atoms with Gasteiger partial charge in [0.15, 0.2) is 0 Å². The van der Waals surface area contributed by atoms with Crippen molar-refractivity contribution in [2.45, 2.75) is 52.4 Å². The minimum Gasteiger partial charge on any atom is -0.335 e. The number of amides is 3. The lowest BCUT2D eigenvalue weighted by Crippen LogP contribution is -2.43. The maximum absolute atomic E-state index is 12.4. The number of hydrogen-bond acceptors (Lipinski definition) is 4. The molecule has 4 rings (SSSR count). The minimum atomic E-state index is -0.254. The summed E-state index contributed by atoms with van der Waals surface area (Å²) in [5.74, 6) is 0.504. The molecule has 1 aliphatic heterocycles. The van der Waals surface area contributed by atoms with Crippen LogP contribution in [0.4, 0.5) is 4.79 Å². The number of pyridine rings is 1. The predicted octanol–water partition coefficient (Wildman–Crippen LogP) is 1.73. The van der Waals surface area contributed by atoms with Gasteiger partial charge in [0.1, 0.15) is 0 Å². The fourth-order valence-electron chi connectivity index (χ4n) is 3.62. The van der Waals surface area contributed by atoms with E-state index in [0.717, 1.165) is 35.6 Å². The van der Waals surface area contributed by atoms with Crippen molar-refractivity contribution in [3.05, 3.63) is 47.0 Å². The van der Waals surface area contributed by atoms with E-state index in [1.54, 1.807) is 0 Å². The summed E-state index contributed by atoms with van der Waals surface area (Å²) in [4.78, 5) is 30.8. The molecule has 2 aromatic heterocycles. The number of fused-ring (bicyclic) bond motifs is 1. The maximum Gasteiger partial charge on any atom is 0.315 e. The second kappa shape index (κ2) is 8.00. The summed E-state index contributed by atoms with van der Waals surface area (Å²) in [6.45, 7) is 4.67. The molecule has 28 heavy (non-hydrogen) atoms. The smallest absolute Gasteiger partial charge is 0.315 e. The normalized spacial score (nSPS) is 16.2. The second-order valence-electron chi connectivity index (χ2n) is 7.54. The first-order valence-electron chi connectivity index (χ1n) is 9.87. The van der Waals surface area contributed by atoms with Crippen molar-refractivity contribution < 1.29 is 9.59 Å². The highest BCUT2D eigenvalue weighted by molar-refractivity contribution is 5.79. The molecule has 0 bridgehead atoms. The van der Waals surface area contributed by atoms with Crippen LogP contribution < -0.4 is 10.6 Å². The Bertz CT molecular complexity index is 873.